The third-order valence-electron chi connectivity index (χ3n) is 7.39. The molecule has 35 heavy (non-hydrogen) atoms. The molecule has 7 nitrogen and oxygen atoms in total. The highest BCUT2D eigenvalue weighted by atomic mass is 79.9. The molecule has 3 unspecified atom stereocenters. The second-order valence-corrected chi connectivity index (χ2v) is 12.4. The number of fused-ring (bicyclic) bond motifs is 1. The zero-order valence-electron chi connectivity index (χ0n) is 20.7. The first-order chi connectivity index (χ1) is 16.9. The van der Waals surface area contributed by atoms with Crippen LogP contribution in [0.25, 0.3) is 0 Å². The third-order valence-corrected chi connectivity index (χ3v) is 10.6. The number of halogens is 1. The van der Waals surface area contributed by atoms with Gasteiger partial charge < -0.3 is 19.6 Å². The Labute approximate surface area is 221 Å². The summed E-state index contributed by atoms with van der Waals surface area (Å²) in [5.41, 5.74) is 0. The van der Waals surface area contributed by atoms with E-state index in [1.807, 2.05) is 4.90 Å². The Kier molecular flexibility index (Phi) is 10.3. The van der Waals surface area contributed by atoms with Gasteiger partial charge in [-0.1, -0.05) is 60.8 Å². The Balaban J connectivity index is 1.94. The average Bonchev–Trinajstić information content (AvgIpc) is 3.43. The molecule has 196 valence electrons. The quantitative estimate of drug-likeness (QED) is 0.140. The minimum absolute atomic E-state index is 0.0288. The number of thioether (sulfide) groups is 1. The summed E-state index contributed by atoms with van der Waals surface area (Å²) in [5, 5.41) is 8.98. The number of carbonyl (C=O) groups is 3. The second kappa shape index (κ2) is 12.8. The molecule has 9 heteroatoms. The van der Waals surface area contributed by atoms with Gasteiger partial charge in [-0.3, -0.25) is 14.4 Å². The number of likely N-dealkylation sites (tertiary alicyclic amines) is 1. The molecule has 1 N–H and O–H groups in total. The predicted octanol–water partition coefficient (Wildman–Crippen LogP) is 3.55. The number of nitrogens with zero attached hydrogens (tertiary/aromatic N) is 2. The van der Waals surface area contributed by atoms with Crippen LogP contribution in [0.2, 0.25) is 0 Å². The Bertz CT molecular complexity index is 811. The molecule has 6 atom stereocenters. The van der Waals surface area contributed by atoms with E-state index in [9.17, 15) is 14.4 Å². The Morgan fingerprint density at radius 3 is 2.66 bits per heavy atom. The molecule has 3 aliphatic rings. The van der Waals surface area contributed by atoms with Crippen molar-refractivity contribution in [1.82, 2.24) is 9.80 Å². The van der Waals surface area contributed by atoms with Crippen molar-refractivity contribution in [1.29, 1.82) is 0 Å². The summed E-state index contributed by atoms with van der Waals surface area (Å²) in [7, 11) is 0. The highest BCUT2D eigenvalue weighted by Crippen LogP contribution is 2.68. The van der Waals surface area contributed by atoms with Crippen LogP contribution in [0.3, 0.4) is 0 Å². The maximum Gasteiger partial charge on any atom is 0.311 e. The number of alkyl halides is 1. The van der Waals surface area contributed by atoms with E-state index in [0.29, 0.717) is 26.1 Å². The maximum atomic E-state index is 14.1. The molecule has 0 aromatic rings. The molecule has 2 amide bonds. The molecular formula is C26H39BrN2O5S. The zero-order chi connectivity index (χ0) is 25.6. The fourth-order valence-corrected chi connectivity index (χ4v) is 9.47. The molecule has 1 spiro atoms. The van der Waals surface area contributed by atoms with Crippen molar-refractivity contribution in [2.75, 3.05) is 32.8 Å². The van der Waals surface area contributed by atoms with Gasteiger partial charge in [0.2, 0.25) is 11.8 Å². The standard InChI is InChI=1S/C26H39BrN2O5S/c1-4-7-13-28(12-5-2)24(32)22-26-17-18(27)21(35-26)19(25(33)34-16-6-3)20(26)23(31)29(22)14-10-8-9-11-15-30/h5-6,18-22,30H,2-4,7-17H2,1H3/t18?,19-,20+,21-,22?,26?/m1/s1. The first kappa shape index (κ1) is 28.3. The van der Waals surface area contributed by atoms with Crippen LogP contribution in [0, 0.1) is 11.8 Å². The van der Waals surface area contributed by atoms with Crippen LogP contribution in [0.4, 0.5) is 0 Å². The Morgan fingerprint density at radius 2 is 2.00 bits per heavy atom. The molecule has 3 rings (SSSR count). The van der Waals surface area contributed by atoms with E-state index in [4.69, 9.17) is 9.84 Å². The number of ether oxygens (including phenoxy) is 1. The fraction of sp³-hybridized carbons (Fsp3) is 0.731. The van der Waals surface area contributed by atoms with E-state index in [1.165, 1.54) is 6.08 Å². The minimum Gasteiger partial charge on any atom is -0.461 e. The maximum absolute atomic E-state index is 14.1. The normalized spacial score (nSPS) is 30.9. The highest BCUT2D eigenvalue weighted by molar-refractivity contribution is 9.09. The molecule has 3 heterocycles. The van der Waals surface area contributed by atoms with Crippen molar-refractivity contribution in [3.63, 3.8) is 0 Å². The molecule has 0 aliphatic carbocycles. The van der Waals surface area contributed by atoms with Gasteiger partial charge in [0.15, 0.2) is 0 Å². The lowest BCUT2D eigenvalue weighted by molar-refractivity contribution is -0.153. The van der Waals surface area contributed by atoms with Crippen LogP contribution < -0.4 is 0 Å². The second-order valence-electron chi connectivity index (χ2n) is 9.68. The predicted molar refractivity (Wildman–Crippen MR) is 142 cm³/mol. The summed E-state index contributed by atoms with van der Waals surface area (Å²) in [6.45, 7) is 11.3. The molecule has 0 aromatic carbocycles. The van der Waals surface area contributed by atoms with Crippen LogP contribution in [0.5, 0.6) is 0 Å². The van der Waals surface area contributed by atoms with Gasteiger partial charge in [0.25, 0.3) is 0 Å². The largest absolute Gasteiger partial charge is 0.461 e. The molecule has 3 fully saturated rings. The number of hydrogen-bond donors (Lipinski definition) is 1. The number of amides is 2. The van der Waals surface area contributed by atoms with Crippen molar-refractivity contribution in [2.45, 2.75) is 72.7 Å². The first-order valence-electron chi connectivity index (χ1n) is 12.8. The zero-order valence-corrected chi connectivity index (χ0v) is 23.1. The van der Waals surface area contributed by atoms with Gasteiger partial charge in [-0.15, -0.1) is 18.3 Å². The van der Waals surface area contributed by atoms with Crippen molar-refractivity contribution in [3.05, 3.63) is 25.3 Å². The summed E-state index contributed by atoms with van der Waals surface area (Å²) in [6, 6.07) is -0.609. The van der Waals surface area contributed by atoms with E-state index in [0.717, 1.165) is 38.5 Å². The van der Waals surface area contributed by atoms with E-state index in [1.54, 1.807) is 22.7 Å². The van der Waals surface area contributed by atoms with Gasteiger partial charge in [-0.05, 0) is 25.7 Å². The molecule has 2 bridgehead atoms. The molecule has 0 radical (unpaired) electrons. The molecule has 3 aliphatic heterocycles. The summed E-state index contributed by atoms with van der Waals surface area (Å²) in [6.07, 6.45) is 9.01. The van der Waals surface area contributed by atoms with Crippen molar-refractivity contribution >= 4 is 45.5 Å². The van der Waals surface area contributed by atoms with Crippen LogP contribution in [-0.2, 0) is 19.1 Å². The highest BCUT2D eigenvalue weighted by Gasteiger charge is 2.76. The van der Waals surface area contributed by atoms with Gasteiger partial charge in [0.05, 0.1) is 16.6 Å². The number of aliphatic hydroxyl groups excluding tert-OH is 1. The van der Waals surface area contributed by atoms with Crippen LogP contribution in [0.15, 0.2) is 25.3 Å². The molecular weight excluding hydrogens is 532 g/mol. The minimum atomic E-state index is -0.651. The van der Waals surface area contributed by atoms with Crippen LogP contribution >= 0.6 is 27.7 Å². The Morgan fingerprint density at radius 1 is 1.26 bits per heavy atom. The number of aliphatic hydroxyl groups is 1. The number of carbonyl (C=O) groups excluding carboxylic acids is 3. The van der Waals surface area contributed by atoms with Gasteiger partial charge in [0, 0.05) is 36.3 Å². The van der Waals surface area contributed by atoms with Crippen molar-refractivity contribution in [2.24, 2.45) is 11.8 Å². The number of hydrogen-bond acceptors (Lipinski definition) is 6. The summed E-state index contributed by atoms with van der Waals surface area (Å²) < 4.78 is 4.78. The van der Waals surface area contributed by atoms with Gasteiger partial charge >= 0.3 is 5.97 Å². The average molecular weight is 572 g/mol. The first-order valence-corrected chi connectivity index (χ1v) is 14.6. The van der Waals surface area contributed by atoms with Crippen molar-refractivity contribution < 1.29 is 24.2 Å². The monoisotopic (exact) mass is 570 g/mol. The topological polar surface area (TPSA) is 87.2 Å². The summed E-state index contributed by atoms with van der Waals surface area (Å²) in [4.78, 5) is 44.8. The summed E-state index contributed by atoms with van der Waals surface area (Å²) in [5.74, 6) is -1.67. The third kappa shape index (κ3) is 5.52. The van der Waals surface area contributed by atoms with Crippen molar-refractivity contribution in [3.8, 4) is 0 Å². The fourth-order valence-electron chi connectivity index (χ4n) is 5.87. The summed E-state index contributed by atoms with van der Waals surface area (Å²) >= 11 is 5.40. The van der Waals surface area contributed by atoms with Gasteiger partial charge in [-0.2, -0.15) is 0 Å². The molecule has 0 aromatic heterocycles. The van der Waals surface area contributed by atoms with E-state index >= 15 is 0 Å². The number of unbranched alkanes of at least 4 members (excludes halogenated alkanes) is 4. The lowest BCUT2D eigenvalue weighted by Crippen LogP contribution is -2.55. The van der Waals surface area contributed by atoms with Crippen LogP contribution in [-0.4, -0.2) is 86.4 Å². The van der Waals surface area contributed by atoms with Gasteiger partial charge in [-0.25, -0.2) is 0 Å². The lowest BCUT2D eigenvalue weighted by atomic mass is 9.71. The van der Waals surface area contributed by atoms with E-state index in [-0.39, 0.29) is 41.1 Å². The van der Waals surface area contributed by atoms with E-state index < -0.39 is 22.6 Å². The lowest BCUT2D eigenvalue weighted by Gasteiger charge is -2.37. The van der Waals surface area contributed by atoms with Crippen LogP contribution in [0.1, 0.15) is 51.9 Å². The Hall–Kier alpha value is -1.32. The smallest absolute Gasteiger partial charge is 0.311 e. The molecule has 3 saturated heterocycles. The number of esters is 1. The molecule has 0 saturated carbocycles. The van der Waals surface area contributed by atoms with Gasteiger partial charge in [0.1, 0.15) is 12.6 Å². The van der Waals surface area contributed by atoms with E-state index in [2.05, 4.69) is 36.0 Å². The SMILES string of the molecule is C=CCOC(=O)[C@H]1[C@@H]2SC3(CC2Br)C(C(=O)N(CC=C)CCCC)N(CCCCCCO)C(=O)[C@H]13. The number of rotatable bonds is 15.